The molecule has 0 aromatic heterocycles. The summed E-state index contributed by atoms with van der Waals surface area (Å²) < 4.78 is 36.1. The van der Waals surface area contributed by atoms with Crippen LogP contribution in [0.3, 0.4) is 0 Å². The van der Waals surface area contributed by atoms with Gasteiger partial charge in [-0.25, -0.2) is 4.98 Å². The van der Waals surface area contributed by atoms with Crippen molar-refractivity contribution in [3.8, 4) is 28.7 Å². The molecule has 4 bridgehead atoms. The van der Waals surface area contributed by atoms with Crippen molar-refractivity contribution in [2.24, 2.45) is 28.8 Å². The summed E-state index contributed by atoms with van der Waals surface area (Å²) in [6, 6.07) is 3.18. The Hall–Kier alpha value is -6.21. The van der Waals surface area contributed by atoms with E-state index >= 15 is 0 Å². The minimum absolute atomic E-state index is 0.00986. The van der Waals surface area contributed by atoms with Gasteiger partial charge in [-0.15, -0.1) is 0 Å². The molecule has 1 amide bonds. The number of rotatable bonds is 3. The van der Waals surface area contributed by atoms with E-state index < -0.39 is 76.9 Å². The number of aromatic nitrogens is 1. The maximum Gasteiger partial charge on any atom is 0.302 e. The number of anilines is 2. The van der Waals surface area contributed by atoms with Crippen LogP contribution >= 0.6 is 0 Å². The SMILES string of the molecule is CO[C@H]1/C=C/O[C@@]2(C)Oc3c(C)c(O)c4c(=O)c(c5oc6cc(N7CCOCC7)cc(O)c6nc-5c4c3/C2=N/O)NC(=O)/C(C)=C\C=C\[C@H](C)[C@H](O)[C@@H](C)[C@@H](O)[C@@H](C)[C@H](OC(C)=O)[C@@H]1C. The highest BCUT2D eigenvalue weighted by Crippen LogP contribution is 2.51. The molecule has 2 aromatic carbocycles. The standard InChI is InChI=1S/C47H56N4O14/c1-21-11-10-12-22(2)46(58)49-37-41(57)33-32(36-44(37)64-31-20-28(19-29(53)35(31)48-36)51-14-17-61-18-15-51)34-43(26(6)40(33)56)65-47(8,45(34)50-59)62-16-13-30(60-9)23(3)42(63-27(7)52)25(5)39(55)24(4)38(21)54/h10-13,16,19-21,23-25,30,38-39,42,53-56,59H,14-15,17-18H2,1-9H3,(H,49,58)/b11-10+,16-13+,22-12-,50-45-/t21-,23+,24+,25+,30-,38-,39+,42+,47-/m0/s1. The van der Waals surface area contributed by atoms with E-state index in [1.54, 1.807) is 45.9 Å². The van der Waals surface area contributed by atoms with Crippen LogP contribution < -0.4 is 20.4 Å². The van der Waals surface area contributed by atoms with Crippen LogP contribution in [-0.4, -0.2) is 112 Å². The first-order valence-corrected chi connectivity index (χ1v) is 21.5. The number of aromatic hydroxyl groups is 2. The second-order valence-corrected chi connectivity index (χ2v) is 17.3. The summed E-state index contributed by atoms with van der Waals surface area (Å²) in [4.78, 5) is 48.1. The van der Waals surface area contributed by atoms with Gasteiger partial charge in [0.15, 0.2) is 17.1 Å². The van der Waals surface area contributed by atoms with Gasteiger partial charge >= 0.3 is 5.97 Å². The quantitative estimate of drug-likeness (QED) is 0.0489. The molecule has 0 radical (unpaired) electrons. The molecule has 18 nitrogen and oxygen atoms in total. The van der Waals surface area contributed by atoms with E-state index in [0.29, 0.717) is 32.0 Å². The van der Waals surface area contributed by atoms with Gasteiger partial charge in [0.25, 0.3) is 11.7 Å². The van der Waals surface area contributed by atoms with E-state index in [0.717, 1.165) is 0 Å². The Morgan fingerprint density at radius 3 is 2.37 bits per heavy atom. The van der Waals surface area contributed by atoms with Gasteiger partial charge in [0, 0.05) is 92.1 Å². The highest BCUT2D eigenvalue weighted by atomic mass is 16.7. The van der Waals surface area contributed by atoms with Crippen LogP contribution in [0.4, 0.5) is 11.4 Å². The lowest BCUT2D eigenvalue weighted by molar-refractivity contribution is -0.160. The maximum atomic E-state index is 14.9. The number of phenolic OH excluding ortho intramolecular Hbond substituents is 2. The molecule has 1 saturated heterocycles. The fraction of sp³-hybridized carbons (Fsp3) is 0.468. The number of allylic oxidation sites excluding steroid dienone is 2. The fourth-order valence-electron chi connectivity index (χ4n) is 9.03. The first-order valence-electron chi connectivity index (χ1n) is 21.5. The number of aliphatic hydroxyl groups is 2. The van der Waals surface area contributed by atoms with E-state index in [1.807, 2.05) is 4.90 Å². The lowest BCUT2D eigenvalue weighted by atomic mass is 9.78. The second kappa shape index (κ2) is 18.3. The number of ether oxygens (including phenoxy) is 5. The average Bonchev–Trinajstić information content (AvgIpc) is 3.59. The molecule has 1 fully saturated rings. The number of carbonyl (C=O) groups excluding carboxylic acids is 2. The lowest BCUT2D eigenvalue weighted by Gasteiger charge is -2.38. The molecule has 18 heteroatoms. The molecule has 4 aliphatic heterocycles. The van der Waals surface area contributed by atoms with Crippen molar-refractivity contribution in [2.45, 2.75) is 85.6 Å². The first kappa shape index (κ1) is 46.8. The van der Waals surface area contributed by atoms with Crippen molar-refractivity contribution in [2.75, 3.05) is 43.6 Å². The predicted octanol–water partition coefficient (Wildman–Crippen LogP) is 5.49. The van der Waals surface area contributed by atoms with Crippen molar-refractivity contribution < 1.29 is 63.3 Å². The van der Waals surface area contributed by atoms with Gasteiger partial charge in [0.2, 0.25) is 5.43 Å². The Balaban J connectivity index is 1.47. The zero-order valence-corrected chi connectivity index (χ0v) is 37.7. The average molecular weight is 901 g/mol. The molecule has 4 heterocycles. The van der Waals surface area contributed by atoms with Crippen LogP contribution in [-0.2, 0) is 28.5 Å². The summed E-state index contributed by atoms with van der Waals surface area (Å²) in [6.45, 7) is 14.6. The topological polar surface area (TPSA) is 252 Å². The van der Waals surface area contributed by atoms with Crippen molar-refractivity contribution in [3.63, 3.8) is 0 Å². The summed E-state index contributed by atoms with van der Waals surface area (Å²) in [7, 11) is 1.44. The number of benzene rings is 3. The Bertz CT molecular complexity index is 2670. The number of oxime groups is 1. The number of phenols is 2. The van der Waals surface area contributed by atoms with Gasteiger partial charge in [0.05, 0.1) is 48.7 Å². The van der Waals surface area contributed by atoms with Gasteiger partial charge in [0.1, 0.15) is 40.3 Å². The molecule has 348 valence electrons. The third-order valence-electron chi connectivity index (χ3n) is 12.9. The summed E-state index contributed by atoms with van der Waals surface area (Å²) in [5, 5.41) is 63.0. The van der Waals surface area contributed by atoms with Gasteiger partial charge < -0.3 is 64.0 Å². The molecule has 7 rings (SSSR count). The van der Waals surface area contributed by atoms with Gasteiger partial charge in [-0.3, -0.25) is 14.4 Å². The molecule has 6 N–H and O–H groups in total. The van der Waals surface area contributed by atoms with E-state index in [9.17, 15) is 40.0 Å². The summed E-state index contributed by atoms with van der Waals surface area (Å²) in [5.41, 5.74) is -0.746. The molecule has 5 aliphatic rings. The molecular weight excluding hydrogens is 845 g/mol. The zero-order valence-electron chi connectivity index (χ0n) is 37.7. The van der Waals surface area contributed by atoms with Crippen LogP contribution in [0.5, 0.6) is 17.2 Å². The number of fused-ring (bicyclic) bond motifs is 2. The number of nitrogens with one attached hydrogen (secondary N) is 1. The summed E-state index contributed by atoms with van der Waals surface area (Å²) in [5.74, 6) is -6.86. The number of hydrogen-bond acceptors (Lipinski definition) is 17. The number of aliphatic hydroxyl groups excluding tert-OH is 2. The Labute approximate surface area is 374 Å². The molecule has 9 atom stereocenters. The van der Waals surface area contributed by atoms with Crippen LogP contribution in [0.1, 0.15) is 59.6 Å². The van der Waals surface area contributed by atoms with Crippen LogP contribution in [0.2, 0.25) is 0 Å². The van der Waals surface area contributed by atoms with Gasteiger partial charge in [-0.2, -0.15) is 0 Å². The van der Waals surface area contributed by atoms with E-state index in [1.165, 1.54) is 59.3 Å². The fourth-order valence-corrected chi connectivity index (χ4v) is 9.03. The number of methoxy groups -OCH3 is 1. The summed E-state index contributed by atoms with van der Waals surface area (Å²) in [6.07, 6.45) is 3.54. The zero-order chi connectivity index (χ0) is 47.2. The lowest BCUT2D eigenvalue weighted by Crippen LogP contribution is -2.46. The van der Waals surface area contributed by atoms with E-state index in [2.05, 4.69) is 10.5 Å². The predicted molar refractivity (Wildman–Crippen MR) is 240 cm³/mol. The summed E-state index contributed by atoms with van der Waals surface area (Å²) >= 11 is 0. The first-order chi connectivity index (χ1) is 30.8. The molecule has 0 unspecified atom stereocenters. The largest absolute Gasteiger partial charge is 0.507 e. The normalized spacial score (nSPS) is 30.5. The van der Waals surface area contributed by atoms with Crippen LogP contribution in [0, 0.1) is 30.6 Å². The van der Waals surface area contributed by atoms with Crippen molar-refractivity contribution >= 4 is 50.8 Å². The van der Waals surface area contributed by atoms with Crippen molar-refractivity contribution in [1.82, 2.24) is 4.98 Å². The van der Waals surface area contributed by atoms with Gasteiger partial charge in [-0.1, -0.05) is 51.1 Å². The molecule has 0 spiro atoms. The van der Waals surface area contributed by atoms with Crippen LogP contribution in [0.15, 0.2) is 62.6 Å². The maximum absolute atomic E-state index is 14.9. The number of esters is 1. The molecule has 0 saturated carbocycles. The second-order valence-electron chi connectivity index (χ2n) is 17.3. The van der Waals surface area contributed by atoms with E-state index in [-0.39, 0.29) is 72.9 Å². The number of amides is 1. The minimum atomic E-state index is -1.93. The highest BCUT2D eigenvalue weighted by molar-refractivity contribution is 6.24. The minimum Gasteiger partial charge on any atom is -0.507 e. The third kappa shape index (κ3) is 8.46. The molecule has 1 aliphatic carbocycles. The number of carbonyl (C=O) groups is 2. The Kier molecular flexibility index (Phi) is 13.2. The third-order valence-corrected chi connectivity index (χ3v) is 12.9. The smallest absolute Gasteiger partial charge is 0.302 e. The number of morpholine rings is 1. The molecule has 2 aromatic rings. The van der Waals surface area contributed by atoms with Gasteiger partial charge in [-0.05, 0) is 19.9 Å². The van der Waals surface area contributed by atoms with Crippen molar-refractivity contribution in [3.05, 3.63) is 69.6 Å². The highest BCUT2D eigenvalue weighted by Gasteiger charge is 2.49. The van der Waals surface area contributed by atoms with Crippen molar-refractivity contribution in [1.29, 1.82) is 0 Å². The van der Waals surface area contributed by atoms with Crippen LogP contribution in [0.25, 0.3) is 33.3 Å². The Morgan fingerprint density at radius 2 is 1.71 bits per heavy atom. The number of hydrogen-bond donors (Lipinski definition) is 6. The monoisotopic (exact) mass is 900 g/mol. The van der Waals surface area contributed by atoms with E-state index in [4.69, 9.17) is 33.1 Å². The number of nitrogens with zero attached hydrogens (tertiary/aromatic N) is 3. The molecule has 65 heavy (non-hydrogen) atoms. The Morgan fingerprint density at radius 1 is 1.00 bits per heavy atom. The molecular formula is C47H56N4O14.